The molecule has 0 atom stereocenters. The number of hydrogen-bond acceptors (Lipinski definition) is 5. The number of benzene rings is 1. The predicted octanol–water partition coefficient (Wildman–Crippen LogP) is 2.80. The first kappa shape index (κ1) is 17.1. The van der Waals surface area contributed by atoms with Gasteiger partial charge in [0.2, 0.25) is 10.0 Å². The van der Waals surface area contributed by atoms with Crippen LogP contribution in [0, 0.1) is 13.8 Å². The minimum atomic E-state index is -3.53. The molecule has 1 saturated heterocycles. The third-order valence-corrected chi connectivity index (χ3v) is 6.93. The number of nitrogens with one attached hydrogen (secondary N) is 1. The first-order valence-corrected chi connectivity index (χ1v) is 9.99. The molecule has 8 heteroatoms. The second-order valence-corrected chi connectivity index (χ2v) is 8.89. The van der Waals surface area contributed by atoms with Gasteiger partial charge >= 0.3 is 0 Å². The summed E-state index contributed by atoms with van der Waals surface area (Å²) in [7, 11) is -3.53. The summed E-state index contributed by atoms with van der Waals surface area (Å²) in [5, 5.41) is 3.24. The summed E-state index contributed by atoms with van der Waals surface area (Å²) in [5.74, 6) is -0.359. The van der Waals surface area contributed by atoms with Gasteiger partial charge in [-0.15, -0.1) is 11.3 Å². The largest absolute Gasteiger partial charge is 0.298 e. The van der Waals surface area contributed by atoms with Crippen molar-refractivity contribution in [3.05, 3.63) is 40.4 Å². The van der Waals surface area contributed by atoms with Gasteiger partial charge in [-0.1, -0.05) is 6.07 Å². The van der Waals surface area contributed by atoms with Crippen LogP contribution >= 0.6 is 11.3 Å². The van der Waals surface area contributed by atoms with Crippen molar-refractivity contribution in [1.29, 1.82) is 0 Å². The minimum Gasteiger partial charge on any atom is -0.298 e. The van der Waals surface area contributed by atoms with Crippen molar-refractivity contribution in [3.63, 3.8) is 0 Å². The maximum Gasteiger partial charge on any atom is 0.257 e. The maximum atomic E-state index is 12.6. The summed E-state index contributed by atoms with van der Waals surface area (Å²) in [6, 6.07) is 6.15. The highest BCUT2D eigenvalue weighted by Gasteiger charge is 2.27. The topological polar surface area (TPSA) is 79.4 Å². The van der Waals surface area contributed by atoms with Crippen molar-refractivity contribution in [2.45, 2.75) is 31.6 Å². The highest BCUT2D eigenvalue weighted by atomic mass is 32.2. The second kappa shape index (κ2) is 6.62. The Hall–Kier alpha value is -1.77. The van der Waals surface area contributed by atoms with E-state index in [2.05, 4.69) is 10.3 Å². The minimum absolute atomic E-state index is 0.156. The van der Waals surface area contributed by atoms with Crippen molar-refractivity contribution >= 4 is 32.4 Å². The number of nitrogens with zero attached hydrogens (tertiary/aromatic N) is 2. The summed E-state index contributed by atoms with van der Waals surface area (Å²) < 4.78 is 26.7. The molecule has 2 aromatic rings. The molecule has 1 N–H and O–H groups in total. The lowest BCUT2D eigenvalue weighted by Crippen LogP contribution is -2.28. The molecular weight excluding hydrogens is 346 g/mol. The Bertz CT molecular complexity index is 849. The van der Waals surface area contributed by atoms with E-state index < -0.39 is 10.0 Å². The molecule has 1 aliphatic heterocycles. The van der Waals surface area contributed by atoms with Crippen molar-refractivity contribution in [1.82, 2.24) is 9.29 Å². The molecule has 0 unspecified atom stereocenters. The number of thiazole rings is 1. The van der Waals surface area contributed by atoms with Gasteiger partial charge in [0.15, 0.2) is 5.13 Å². The Morgan fingerprint density at radius 2 is 1.96 bits per heavy atom. The van der Waals surface area contributed by atoms with E-state index >= 15 is 0 Å². The zero-order chi connectivity index (χ0) is 17.3. The lowest BCUT2D eigenvalue weighted by Gasteiger charge is -2.15. The number of aryl methyl sites for hydroxylation is 2. The molecule has 6 nitrogen and oxygen atoms in total. The third kappa shape index (κ3) is 3.35. The zero-order valence-corrected chi connectivity index (χ0v) is 15.2. The van der Waals surface area contributed by atoms with E-state index in [0.717, 1.165) is 23.4 Å². The van der Waals surface area contributed by atoms with Gasteiger partial charge in [0.1, 0.15) is 0 Å². The van der Waals surface area contributed by atoms with Gasteiger partial charge in [0.05, 0.1) is 10.6 Å². The molecule has 0 radical (unpaired) electrons. The number of amides is 1. The standard InChI is InChI=1S/C16H19N3O3S2/c1-11-12(2)23-16(17-11)18-15(20)13-6-5-7-14(10-13)24(21,22)19-8-3-4-9-19/h5-7,10H,3-4,8-9H2,1-2H3,(H,17,18,20). The van der Waals surface area contributed by atoms with Gasteiger partial charge in [-0.05, 0) is 44.9 Å². The summed E-state index contributed by atoms with van der Waals surface area (Å²) in [6.07, 6.45) is 1.75. The second-order valence-electron chi connectivity index (χ2n) is 5.75. The highest BCUT2D eigenvalue weighted by Crippen LogP contribution is 2.24. The van der Waals surface area contributed by atoms with Crippen LogP contribution in [0.4, 0.5) is 5.13 Å². The van der Waals surface area contributed by atoms with Crippen LogP contribution in [-0.4, -0.2) is 36.7 Å². The number of carbonyl (C=O) groups is 1. The van der Waals surface area contributed by atoms with Crippen LogP contribution < -0.4 is 5.32 Å². The van der Waals surface area contributed by atoms with Gasteiger partial charge in [0.25, 0.3) is 5.91 Å². The number of rotatable bonds is 4. The molecule has 2 heterocycles. The van der Waals surface area contributed by atoms with Crippen LogP contribution in [0.3, 0.4) is 0 Å². The average Bonchev–Trinajstić information content (AvgIpc) is 3.19. The molecule has 1 aromatic heterocycles. The van der Waals surface area contributed by atoms with Gasteiger partial charge in [-0.3, -0.25) is 10.1 Å². The van der Waals surface area contributed by atoms with E-state index in [1.807, 2.05) is 13.8 Å². The number of sulfonamides is 1. The number of carbonyl (C=O) groups excluding carboxylic acids is 1. The van der Waals surface area contributed by atoms with Crippen LogP contribution in [0.5, 0.6) is 0 Å². The summed E-state index contributed by atoms with van der Waals surface area (Å²) in [5.41, 5.74) is 1.18. The fraction of sp³-hybridized carbons (Fsp3) is 0.375. The Morgan fingerprint density at radius 3 is 2.58 bits per heavy atom. The molecule has 0 bridgehead atoms. The first-order valence-electron chi connectivity index (χ1n) is 7.73. The highest BCUT2D eigenvalue weighted by molar-refractivity contribution is 7.89. The quantitative estimate of drug-likeness (QED) is 0.903. The number of aromatic nitrogens is 1. The summed E-state index contributed by atoms with van der Waals surface area (Å²) in [6.45, 7) is 4.89. The normalized spacial score (nSPS) is 15.6. The molecule has 3 rings (SSSR count). The molecule has 0 spiro atoms. The van der Waals surface area contributed by atoms with Crippen LogP contribution in [-0.2, 0) is 10.0 Å². The molecule has 0 aliphatic carbocycles. The molecule has 1 amide bonds. The molecule has 1 aliphatic rings. The van der Waals surface area contributed by atoms with Crippen molar-refractivity contribution in [2.24, 2.45) is 0 Å². The van der Waals surface area contributed by atoms with Gasteiger partial charge < -0.3 is 0 Å². The lowest BCUT2D eigenvalue weighted by molar-refractivity contribution is 0.102. The summed E-state index contributed by atoms with van der Waals surface area (Å²) >= 11 is 1.40. The van der Waals surface area contributed by atoms with E-state index in [4.69, 9.17) is 0 Å². The Balaban J connectivity index is 1.83. The van der Waals surface area contributed by atoms with Crippen LogP contribution in [0.2, 0.25) is 0 Å². The number of hydrogen-bond donors (Lipinski definition) is 1. The van der Waals surface area contributed by atoms with Gasteiger partial charge in [0, 0.05) is 23.5 Å². The molecule has 0 saturated carbocycles. The molecule has 1 aromatic carbocycles. The monoisotopic (exact) mass is 365 g/mol. The lowest BCUT2D eigenvalue weighted by atomic mass is 10.2. The Labute approximate surface area is 145 Å². The van der Waals surface area contributed by atoms with E-state index in [0.29, 0.717) is 23.8 Å². The SMILES string of the molecule is Cc1nc(NC(=O)c2cccc(S(=O)(=O)N3CCCC3)c2)sc1C. The molecule has 1 fully saturated rings. The number of anilines is 1. The Morgan fingerprint density at radius 1 is 1.25 bits per heavy atom. The van der Waals surface area contributed by atoms with Gasteiger partial charge in [-0.25, -0.2) is 13.4 Å². The van der Waals surface area contributed by atoms with Crippen LogP contribution in [0.15, 0.2) is 29.2 Å². The molecule has 24 heavy (non-hydrogen) atoms. The third-order valence-electron chi connectivity index (χ3n) is 4.05. The fourth-order valence-corrected chi connectivity index (χ4v) is 4.94. The molecular formula is C16H19N3O3S2. The average molecular weight is 365 g/mol. The Kier molecular flexibility index (Phi) is 4.71. The van der Waals surface area contributed by atoms with Crippen molar-refractivity contribution in [3.8, 4) is 0 Å². The molecule has 128 valence electrons. The zero-order valence-electron chi connectivity index (χ0n) is 13.6. The van der Waals surface area contributed by atoms with Gasteiger partial charge in [-0.2, -0.15) is 4.31 Å². The van der Waals surface area contributed by atoms with E-state index in [-0.39, 0.29) is 10.8 Å². The van der Waals surface area contributed by atoms with Crippen LogP contribution in [0.1, 0.15) is 33.8 Å². The van der Waals surface area contributed by atoms with E-state index in [1.54, 1.807) is 12.1 Å². The van der Waals surface area contributed by atoms with Crippen LogP contribution in [0.25, 0.3) is 0 Å². The smallest absolute Gasteiger partial charge is 0.257 e. The van der Waals surface area contributed by atoms with E-state index in [9.17, 15) is 13.2 Å². The van der Waals surface area contributed by atoms with Crippen molar-refractivity contribution < 1.29 is 13.2 Å². The first-order chi connectivity index (χ1) is 11.4. The summed E-state index contributed by atoms with van der Waals surface area (Å²) in [4.78, 5) is 17.8. The van der Waals surface area contributed by atoms with E-state index in [1.165, 1.54) is 27.8 Å². The predicted molar refractivity (Wildman–Crippen MR) is 94.0 cm³/mol. The maximum absolute atomic E-state index is 12.6. The van der Waals surface area contributed by atoms with Crippen molar-refractivity contribution in [2.75, 3.05) is 18.4 Å². The fourth-order valence-electron chi connectivity index (χ4n) is 2.57.